The fraction of sp³-hybridized carbons (Fsp3) is 0.483. The number of nitrogens with zero attached hydrogens (tertiary/aromatic N) is 7. The van der Waals surface area contributed by atoms with E-state index in [4.69, 9.17) is 34.0 Å². The first-order chi connectivity index (χ1) is 20.0. The van der Waals surface area contributed by atoms with Crippen LogP contribution in [0.3, 0.4) is 0 Å². The molecule has 4 aromatic rings. The average Bonchev–Trinajstić information content (AvgIpc) is 3.65. The maximum Gasteiger partial charge on any atom is 0.240 e. The van der Waals surface area contributed by atoms with Crippen LogP contribution in [0.2, 0.25) is 0 Å². The number of hydrogen-bond donors (Lipinski definition) is 1. The van der Waals surface area contributed by atoms with Gasteiger partial charge in [-0.05, 0) is 45.6 Å². The molecular weight excluding hydrogens is 524 g/mol. The summed E-state index contributed by atoms with van der Waals surface area (Å²) in [6.07, 6.45) is 12.6. The van der Waals surface area contributed by atoms with Crippen molar-refractivity contribution in [1.29, 1.82) is 0 Å². The summed E-state index contributed by atoms with van der Waals surface area (Å²) in [6, 6.07) is 3.97. The second-order valence-electron chi connectivity index (χ2n) is 10.9. The lowest BCUT2D eigenvalue weighted by molar-refractivity contribution is -0.0182. The van der Waals surface area contributed by atoms with Gasteiger partial charge in [0.05, 0.1) is 49.3 Å². The molecule has 0 amide bonds. The van der Waals surface area contributed by atoms with Crippen LogP contribution in [-0.2, 0) is 11.8 Å². The average molecular weight is 559 g/mol. The molecule has 0 radical (unpaired) electrons. The summed E-state index contributed by atoms with van der Waals surface area (Å²) in [6.45, 7) is 4.95. The second-order valence-corrected chi connectivity index (χ2v) is 10.9. The number of aryl methyl sites for hydroxylation is 1. The van der Waals surface area contributed by atoms with Crippen molar-refractivity contribution in [3.8, 4) is 40.0 Å². The van der Waals surface area contributed by atoms with Gasteiger partial charge in [0.1, 0.15) is 22.9 Å². The van der Waals surface area contributed by atoms with Crippen LogP contribution in [0.1, 0.15) is 52.0 Å². The molecule has 6 bridgehead atoms. The molecule has 2 unspecified atom stereocenters. The topological polar surface area (TPSA) is 123 Å². The number of nitrogens with one attached hydrogen (secondary N) is 1. The Morgan fingerprint density at radius 2 is 1.90 bits per heavy atom. The molecular formula is C29H34N8O4. The minimum atomic E-state index is -0.144. The highest BCUT2D eigenvalue weighted by molar-refractivity contribution is 5.75. The van der Waals surface area contributed by atoms with Crippen molar-refractivity contribution in [2.75, 3.05) is 18.5 Å². The van der Waals surface area contributed by atoms with E-state index in [1.54, 1.807) is 23.1 Å². The lowest BCUT2D eigenvalue weighted by Crippen LogP contribution is -2.27. The highest BCUT2D eigenvalue weighted by Gasteiger charge is 2.36. The highest BCUT2D eigenvalue weighted by Crippen LogP contribution is 2.42. The Balaban J connectivity index is 1.26. The molecule has 0 saturated carbocycles. The van der Waals surface area contributed by atoms with Crippen molar-refractivity contribution in [2.45, 2.75) is 70.3 Å². The summed E-state index contributed by atoms with van der Waals surface area (Å²) in [7, 11) is 1.84. The zero-order valence-electron chi connectivity index (χ0n) is 23.5. The summed E-state index contributed by atoms with van der Waals surface area (Å²) in [5.74, 6) is 3.58. The fourth-order valence-electron chi connectivity index (χ4n) is 5.88. The first-order valence-corrected chi connectivity index (χ1v) is 14.3. The van der Waals surface area contributed by atoms with E-state index in [0.717, 1.165) is 42.4 Å². The number of ether oxygens (including phenoxy) is 4. The Morgan fingerprint density at radius 3 is 2.73 bits per heavy atom. The van der Waals surface area contributed by atoms with Crippen LogP contribution in [0.5, 0.6) is 17.5 Å². The van der Waals surface area contributed by atoms with Gasteiger partial charge in [-0.3, -0.25) is 4.68 Å². The molecule has 2 fully saturated rings. The third kappa shape index (κ3) is 5.08. The Kier molecular flexibility index (Phi) is 6.69. The van der Waals surface area contributed by atoms with Crippen LogP contribution in [-0.4, -0.2) is 66.0 Å². The molecule has 0 aromatic carbocycles. The summed E-state index contributed by atoms with van der Waals surface area (Å²) in [5.41, 5.74) is 2.40. The smallest absolute Gasteiger partial charge is 0.240 e. The van der Waals surface area contributed by atoms with E-state index in [1.165, 1.54) is 0 Å². The van der Waals surface area contributed by atoms with Gasteiger partial charge in [0, 0.05) is 43.7 Å². The number of hydrogen-bond acceptors (Lipinski definition) is 10. The van der Waals surface area contributed by atoms with Crippen molar-refractivity contribution in [1.82, 2.24) is 34.5 Å². The molecule has 214 valence electrons. The van der Waals surface area contributed by atoms with E-state index < -0.39 is 0 Å². The minimum absolute atomic E-state index is 0.144. The van der Waals surface area contributed by atoms with Crippen molar-refractivity contribution < 1.29 is 18.9 Å². The first-order valence-electron chi connectivity index (χ1n) is 14.3. The van der Waals surface area contributed by atoms with Gasteiger partial charge in [0.25, 0.3) is 0 Å². The molecule has 41 heavy (non-hydrogen) atoms. The predicted octanol–water partition coefficient (Wildman–Crippen LogP) is 4.71. The van der Waals surface area contributed by atoms with Gasteiger partial charge in [-0.2, -0.15) is 5.10 Å². The first kappa shape index (κ1) is 25.8. The molecule has 1 N–H and O–H groups in total. The van der Waals surface area contributed by atoms with Crippen LogP contribution in [0.4, 0.5) is 11.6 Å². The van der Waals surface area contributed by atoms with Crippen LogP contribution in [0.15, 0.2) is 36.9 Å². The summed E-state index contributed by atoms with van der Waals surface area (Å²) >= 11 is 0. The molecule has 12 heteroatoms. The second kappa shape index (κ2) is 10.7. The van der Waals surface area contributed by atoms with E-state index in [2.05, 4.69) is 26.3 Å². The Hall–Kier alpha value is -4.19. The minimum Gasteiger partial charge on any atom is -0.490 e. The van der Waals surface area contributed by atoms with E-state index in [-0.39, 0.29) is 12.1 Å². The summed E-state index contributed by atoms with van der Waals surface area (Å²) in [4.78, 5) is 13.9. The number of anilines is 2. The molecule has 7 rings (SSSR count). The van der Waals surface area contributed by atoms with Crippen LogP contribution >= 0.6 is 0 Å². The molecule has 4 aromatic heterocycles. The monoisotopic (exact) mass is 558 g/mol. The van der Waals surface area contributed by atoms with Crippen LogP contribution in [0.25, 0.3) is 22.5 Å². The Labute approximate surface area is 238 Å². The molecule has 3 aliphatic rings. The van der Waals surface area contributed by atoms with E-state index >= 15 is 0 Å². The lowest BCUT2D eigenvalue weighted by Gasteiger charge is -2.28. The maximum atomic E-state index is 6.54. The zero-order chi connectivity index (χ0) is 27.9. The van der Waals surface area contributed by atoms with E-state index in [1.807, 2.05) is 33.2 Å². The zero-order valence-corrected chi connectivity index (χ0v) is 23.5. The lowest BCUT2D eigenvalue weighted by atomic mass is 10.0. The standard InChI is InChI=1S/C29H34N8O4/c1-4-38-28-23(16-37(35-28)18-11-19-5-6-20(12-18)41-19)21-14-31-26-13-24(21)40-17(2)8-10-39-29-22(15-32-36(29)3)27-30-9-7-25(33-26)34-27/h7,9,13-20H,4-6,8,10-12H2,1-3H3,(H,30,31,33,34)/t17-,18?,19?,20?/m0/s1. The van der Waals surface area contributed by atoms with Gasteiger partial charge in [0.15, 0.2) is 5.82 Å². The van der Waals surface area contributed by atoms with Crippen molar-refractivity contribution in [2.24, 2.45) is 7.05 Å². The van der Waals surface area contributed by atoms with Gasteiger partial charge in [0.2, 0.25) is 11.8 Å². The van der Waals surface area contributed by atoms with Gasteiger partial charge in [-0.15, -0.1) is 5.10 Å². The van der Waals surface area contributed by atoms with E-state index in [0.29, 0.717) is 66.8 Å². The molecule has 3 aliphatic heterocycles. The Bertz CT molecular complexity index is 1540. The van der Waals surface area contributed by atoms with Crippen LogP contribution in [0, 0.1) is 0 Å². The van der Waals surface area contributed by atoms with Crippen molar-refractivity contribution in [3.63, 3.8) is 0 Å². The van der Waals surface area contributed by atoms with Crippen molar-refractivity contribution in [3.05, 3.63) is 36.9 Å². The molecule has 3 atom stereocenters. The van der Waals surface area contributed by atoms with Gasteiger partial charge in [-0.1, -0.05) is 0 Å². The van der Waals surface area contributed by atoms with E-state index in [9.17, 15) is 0 Å². The van der Waals surface area contributed by atoms with Gasteiger partial charge < -0.3 is 24.3 Å². The largest absolute Gasteiger partial charge is 0.490 e. The van der Waals surface area contributed by atoms with Crippen LogP contribution < -0.4 is 19.5 Å². The molecule has 0 aliphatic carbocycles. The third-order valence-corrected chi connectivity index (χ3v) is 7.90. The fourth-order valence-corrected chi connectivity index (χ4v) is 5.88. The van der Waals surface area contributed by atoms with Gasteiger partial charge >= 0.3 is 0 Å². The molecule has 7 heterocycles. The number of pyridine rings is 1. The molecule has 2 saturated heterocycles. The maximum absolute atomic E-state index is 6.54. The van der Waals surface area contributed by atoms with Gasteiger partial charge in [-0.25, -0.2) is 19.6 Å². The third-order valence-electron chi connectivity index (χ3n) is 7.90. The highest BCUT2D eigenvalue weighted by atomic mass is 16.5. The number of rotatable bonds is 4. The molecule has 0 spiro atoms. The Morgan fingerprint density at radius 1 is 1.05 bits per heavy atom. The normalized spacial score (nSPS) is 23.5. The number of aromatic nitrogens is 7. The summed E-state index contributed by atoms with van der Waals surface area (Å²) in [5, 5.41) is 12.6. The SMILES string of the molecule is CCOc1nn(C2CC3CCC(C2)O3)cc1-c1cnc2cc1O[C@@H](C)CCOc1c(cnn1C)-c1nccc(n1)N2. The van der Waals surface area contributed by atoms with Crippen molar-refractivity contribution >= 4 is 11.6 Å². The summed E-state index contributed by atoms with van der Waals surface area (Å²) < 4.78 is 28.5. The predicted molar refractivity (Wildman–Crippen MR) is 151 cm³/mol. The number of fused-ring (bicyclic) bond motifs is 8. The quantitative estimate of drug-likeness (QED) is 0.377. The molecule has 12 nitrogen and oxygen atoms in total.